The lowest BCUT2D eigenvalue weighted by Gasteiger charge is -2.43. The van der Waals surface area contributed by atoms with Gasteiger partial charge in [0.15, 0.2) is 0 Å². The average Bonchev–Trinajstić information content (AvgIpc) is 2.42. The lowest BCUT2D eigenvalue weighted by molar-refractivity contribution is 0.0840. The van der Waals surface area contributed by atoms with Gasteiger partial charge in [-0.1, -0.05) is 27.7 Å². The Labute approximate surface area is 126 Å². The SMILES string of the molecule is CCCNC1CC(C)CC(C)C1CN1CCC(C)CC1. The molecule has 0 aromatic rings. The maximum atomic E-state index is 3.85. The lowest BCUT2D eigenvalue weighted by Crippen LogP contribution is -2.50. The summed E-state index contributed by atoms with van der Waals surface area (Å²) in [6.45, 7) is 14.8. The molecule has 0 aromatic heterocycles. The van der Waals surface area contributed by atoms with Crippen molar-refractivity contribution in [3.63, 3.8) is 0 Å². The van der Waals surface area contributed by atoms with Gasteiger partial charge in [0.2, 0.25) is 0 Å². The zero-order valence-corrected chi connectivity index (χ0v) is 14.2. The molecule has 1 aliphatic carbocycles. The van der Waals surface area contributed by atoms with Gasteiger partial charge in [-0.15, -0.1) is 0 Å². The number of hydrogen-bond acceptors (Lipinski definition) is 2. The molecule has 2 rings (SSSR count). The fraction of sp³-hybridized carbons (Fsp3) is 1.00. The molecule has 0 amide bonds. The highest BCUT2D eigenvalue weighted by Gasteiger charge is 2.35. The van der Waals surface area contributed by atoms with Crippen molar-refractivity contribution in [2.24, 2.45) is 23.7 Å². The van der Waals surface area contributed by atoms with Crippen molar-refractivity contribution < 1.29 is 0 Å². The fourth-order valence-corrected chi connectivity index (χ4v) is 4.32. The van der Waals surface area contributed by atoms with Crippen molar-refractivity contribution >= 4 is 0 Å². The van der Waals surface area contributed by atoms with E-state index in [1.807, 2.05) is 0 Å². The molecule has 118 valence electrons. The summed E-state index contributed by atoms with van der Waals surface area (Å²) in [6.07, 6.45) is 6.89. The van der Waals surface area contributed by atoms with Crippen molar-refractivity contribution in [1.29, 1.82) is 0 Å². The van der Waals surface area contributed by atoms with Gasteiger partial charge in [0.1, 0.15) is 0 Å². The maximum absolute atomic E-state index is 3.85. The standard InChI is InChI=1S/C18H36N2/c1-5-8-19-18-12-15(3)11-16(4)17(18)13-20-9-6-14(2)7-10-20/h14-19H,5-13H2,1-4H3. The molecule has 0 bridgehead atoms. The van der Waals surface area contributed by atoms with Crippen LogP contribution in [0.3, 0.4) is 0 Å². The van der Waals surface area contributed by atoms with Crippen LogP contribution in [-0.4, -0.2) is 37.1 Å². The highest BCUT2D eigenvalue weighted by molar-refractivity contribution is 4.90. The van der Waals surface area contributed by atoms with Crippen molar-refractivity contribution in [3.05, 3.63) is 0 Å². The molecule has 4 atom stereocenters. The van der Waals surface area contributed by atoms with E-state index in [0.29, 0.717) is 0 Å². The number of piperidine rings is 1. The van der Waals surface area contributed by atoms with Gasteiger partial charge in [-0.3, -0.25) is 0 Å². The fourth-order valence-electron chi connectivity index (χ4n) is 4.32. The van der Waals surface area contributed by atoms with Gasteiger partial charge in [0.05, 0.1) is 0 Å². The molecule has 2 nitrogen and oxygen atoms in total. The van der Waals surface area contributed by atoms with E-state index in [1.54, 1.807) is 0 Å². The number of nitrogens with one attached hydrogen (secondary N) is 1. The van der Waals surface area contributed by atoms with Crippen LogP contribution in [0.2, 0.25) is 0 Å². The summed E-state index contributed by atoms with van der Waals surface area (Å²) in [5.41, 5.74) is 0. The zero-order valence-electron chi connectivity index (χ0n) is 14.2. The summed E-state index contributed by atoms with van der Waals surface area (Å²) in [4.78, 5) is 2.75. The molecular formula is C18H36N2. The maximum Gasteiger partial charge on any atom is 0.0113 e. The number of likely N-dealkylation sites (tertiary alicyclic amines) is 1. The number of nitrogens with zero attached hydrogens (tertiary/aromatic N) is 1. The van der Waals surface area contributed by atoms with Gasteiger partial charge in [0, 0.05) is 12.6 Å². The summed E-state index contributed by atoms with van der Waals surface area (Å²) in [5, 5.41) is 3.85. The van der Waals surface area contributed by atoms with Crippen LogP contribution in [0.1, 0.15) is 59.8 Å². The second-order valence-corrected chi connectivity index (χ2v) is 7.76. The zero-order chi connectivity index (χ0) is 14.5. The third-order valence-electron chi connectivity index (χ3n) is 5.68. The summed E-state index contributed by atoms with van der Waals surface area (Å²) >= 11 is 0. The van der Waals surface area contributed by atoms with Crippen LogP contribution in [-0.2, 0) is 0 Å². The predicted octanol–water partition coefficient (Wildman–Crippen LogP) is 3.77. The highest BCUT2D eigenvalue weighted by Crippen LogP contribution is 2.35. The first-order valence-corrected chi connectivity index (χ1v) is 9.05. The molecule has 20 heavy (non-hydrogen) atoms. The summed E-state index contributed by atoms with van der Waals surface area (Å²) in [5.74, 6) is 3.60. The van der Waals surface area contributed by atoms with Crippen LogP contribution < -0.4 is 5.32 Å². The Morgan fingerprint density at radius 2 is 1.70 bits per heavy atom. The molecule has 0 spiro atoms. The Balaban J connectivity index is 1.90. The monoisotopic (exact) mass is 280 g/mol. The van der Waals surface area contributed by atoms with E-state index in [9.17, 15) is 0 Å². The molecule has 2 fully saturated rings. The van der Waals surface area contributed by atoms with Crippen LogP contribution >= 0.6 is 0 Å². The predicted molar refractivity (Wildman–Crippen MR) is 88.0 cm³/mol. The topological polar surface area (TPSA) is 15.3 Å². The van der Waals surface area contributed by atoms with Crippen molar-refractivity contribution in [2.75, 3.05) is 26.2 Å². The average molecular weight is 281 g/mol. The van der Waals surface area contributed by atoms with Gasteiger partial charge >= 0.3 is 0 Å². The van der Waals surface area contributed by atoms with E-state index in [2.05, 4.69) is 37.9 Å². The Bertz CT molecular complexity index is 271. The Morgan fingerprint density at radius 3 is 2.35 bits per heavy atom. The summed E-state index contributed by atoms with van der Waals surface area (Å²) in [6, 6.07) is 0.757. The van der Waals surface area contributed by atoms with Crippen molar-refractivity contribution in [1.82, 2.24) is 10.2 Å². The lowest BCUT2D eigenvalue weighted by atomic mass is 9.72. The Morgan fingerprint density at radius 1 is 1.00 bits per heavy atom. The van der Waals surface area contributed by atoms with E-state index >= 15 is 0 Å². The Hall–Kier alpha value is -0.0800. The molecule has 4 unspecified atom stereocenters. The van der Waals surface area contributed by atoms with Gasteiger partial charge in [0.25, 0.3) is 0 Å². The highest BCUT2D eigenvalue weighted by atomic mass is 15.1. The number of rotatable bonds is 5. The largest absolute Gasteiger partial charge is 0.314 e. The minimum Gasteiger partial charge on any atom is -0.314 e. The molecule has 2 heteroatoms. The molecular weight excluding hydrogens is 244 g/mol. The first kappa shape index (κ1) is 16.3. The van der Waals surface area contributed by atoms with E-state index in [0.717, 1.165) is 29.7 Å². The summed E-state index contributed by atoms with van der Waals surface area (Å²) < 4.78 is 0. The molecule has 2 aliphatic rings. The molecule has 1 saturated carbocycles. The molecule has 1 aliphatic heterocycles. The van der Waals surface area contributed by atoms with E-state index < -0.39 is 0 Å². The van der Waals surface area contributed by atoms with Crippen LogP contribution in [0.25, 0.3) is 0 Å². The normalized spacial score (nSPS) is 37.2. The van der Waals surface area contributed by atoms with Crippen LogP contribution in [0, 0.1) is 23.7 Å². The van der Waals surface area contributed by atoms with E-state index in [-0.39, 0.29) is 0 Å². The second-order valence-electron chi connectivity index (χ2n) is 7.76. The van der Waals surface area contributed by atoms with Crippen LogP contribution in [0.5, 0.6) is 0 Å². The van der Waals surface area contributed by atoms with Gasteiger partial charge in [-0.2, -0.15) is 0 Å². The quantitative estimate of drug-likeness (QED) is 0.824. The summed E-state index contributed by atoms with van der Waals surface area (Å²) in [7, 11) is 0. The first-order chi connectivity index (χ1) is 9.60. The molecule has 0 radical (unpaired) electrons. The van der Waals surface area contributed by atoms with E-state index in [1.165, 1.54) is 58.3 Å². The molecule has 1 heterocycles. The minimum absolute atomic E-state index is 0.757. The van der Waals surface area contributed by atoms with Gasteiger partial charge < -0.3 is 10.2 Å². The van der Waals surface area contributed by atoms with E-state index in [4.69, 9.17) is 0 Å². The van der Waals surface area contributed by atoms with Crippen molar-refractivity contribution in [3.8, 4) is 0 Å². The van der Waals surface area contributed by atoms with Crippen LogP contribution in [0.4, 0.5) is 0 Å². The van der Waals surface area contributed by atoms with Crippen LogP contribution in [0.15, 0.2) is 0 Å². The van der Waals surface area contributed by atoms with Gasteiger partial charge in [-0.25, -0.2) is 0 Å². The first-order valence-electron chi connectivity index (χ1n) is 9.05. The third kappa shape index (κ3) is 4.46. The number of hydrogen-bond donors (Lipinski definition) is 1. The second kappa shape index (κ2) is 7.79. The smallest absolute Gasteiger partial charge is 0.0113 e. The van der Waals surface area contributed by atoms with Gasteiger partial charge in [-0.05, 0) is 75.4 Å². The Kier molecular flexibility index (Phi) is 6.35. The molecule has 1 saturated heterocycles. The van der Waals surface area contributed by atoms with Crippen molar-refractivity contribution in [2.45, 2.75) is 65.8 Å². The molecule has 0 aromatic carbocycles. The minimum atomic E-state index is 0.757. The molecule has 1 N–H and O–H groups in total. The third-order valence-corrected chi connectivity index (χ3v) is 5.68.